The number of nitrogens with zero attached hydrogens (tertiary/aromatic N) is 5. The number of halogens is 4. The fourth-order valence-electron chi connectivity index (χ4n) is 4.69. The standard InChI is InChI=1S/C25H25F4N5O/c26-18-1-2-24(30-11-18)33-6-3-16(4-7-33)15-35-19-12-31-25(32-13-19)34-8-5-17(14-34)20-9-22(28)23(29)10-21(20)27/h1-2,9-13,16-17H,3-8,14-15H2/t17-/m1/s1. The number of benzene rings is 1. The van der Waals surface area contributed by atoms with Crippen LogP contribution in [0.5, 0.6) is 5.75 Å². The summed E-state index contributed by atoms with van der Waals surface area (Å²) in [6.45, 7) is 3.22. The Kier molecular flexibility index (Phi) is 6.70. The number of rotatable bonds is 6. The third kappa shape index (κ3) is 5.31. The van der Waals surface area contributed by atoms with E-state index in [4.69, 9.17) is 4.74 Å². The summed E-state index contributed by atoms with van der Waals surface area (Å²) in [5, 5.41) is 0. The lowest BCUT2D eigenvalue weighted by molar-refractivity contribution is 0.221. The molecule has 1 aromatic carbocycles. The molecule has 0 bridgehead atoms. The molecule has 2 aromatic heterocycles. The minimum atomic E-state index is -1.18. The Hall–Kier alpha value is -3.43. The molecule has 0 aliphatic carbocycles. The molecule has 0 unspecified atom stereocenters. The number of hydrogen-bond acceptors (Lipinski definition) is 6. The van der Waals surface area contributed by atoms with E-state index in [1.807, 2.05) is 4.90 Å². The molecule has 2 aliphatic rings. The smallest absolute Gasteiger partial charge is 0.225 e. The van der Waals surface area contributed by atoms with E-state index in [2.05, 4.69) is 19.9 Å². The van der Waals surface area contributed by atoms with Crippen LogP contribution in [0.15, 0.2) is 42.9 Å². The molecule has 3 aromatic rings. The quantitative estimate of drug-likeness (QED) is 0.371. The molecule has 2 saturated heterocycles. The highest BCUT2D eigenvalue weighted by Crippen LogP contribution is 2.32. The lowest BCUT2D eigenvalue weighted by Crippen LogP contribution is -2.36. The highest BCUT2D eigenvalue weighted by atomic mass is 19.2. The second-order valence-corrected chi connectivity index (χ2v) is 9.01. The van der Waals surface area contributed by atoms with Gasteiger partial charge < -0.3 is 14.5 Å². The van der Waals surface area contributed by atoms with Crippen LogP contribution in [0.2, 0.25) is 0 Å². The number of ether oxygens (including phenoxy) is 1. The number of hydrogen-bond donors (Lipinski definition) is 0. The van der Waals surface area contributed by atoms with Crippen molar-refractivity contribution in [1.29, 1.82) is 0 Å². The summed E-state index contributed by atoms with van der Waals surface area (Å²) < 4.78 is 59.9. The van der Waals surface area contributed by atoms with Gasteiger partial charge in [0.05, 0.1) is 25.2 Å². The van der Waals surface area contributed by atoms with E-state index >= 15 is 0 Å². The average molecular weight is 488 g/mol. The van der Waals surface area contributed by atoms with Gasteiger partial charge in [0.15, 0.2) is 17.4 Å². The number of pyridine rings is 1. The number of anilines is 2. The molecule has 4 heterocycles. The molecular weight excluding hydrogens is 462 g/mol. The molecule has 1 atom stereocenters. The van der Waals surface area contributed by atoms with Crippen LogP contribution in [-0.4, -0.2) is 47.7 Å². The van der Waals surface area contributed by atoms with Crippen molar-refractivity contribution < 1.29 is 22.3 Å². The van der Waals surface area contributed by atoms with Crippen LogP contribution < -0.4 is 14.5 Å². The van der Waals surface area contributed by atoms with Crippen LogP contribution in [0.1, 0.15) is 30.7 Å². The zero-order valence-corrected chi connectivity index (χ0v) is 19.0. The normalized spacial score (nSPS) is 18.8. The highest BCUT2D eigenvalue weighted by Gasteiger charge is 2.29. The summed E-state index contributed by atoms with van der Waals surface area (Å²) in [5.41, 5.74) is 0.174. The van der Waals surface area contributed by atoms with Gasteiger partial charge in [0.2, 0.25) is 5.95 Å². The van der Waals surface area contributed by atoms with Gasteiger partial charge in [-0.2, -0.15) is 0 Å². The molecule has 6 nitrogen and oxygen atoms in total. The van der Waals surface area contributed by atoms with Crippen molar-refractivity contribution in [3.05, 3.63) is 71.7 Å². The van der Waals surface area contributed by atoms with Crippen LogP contribution in [0, 0.1) is 29.2 Å². The van der Waals surface area contributed by atoms with E-state index in [1.54, 1.807) is 18.5 Å². The maximum Gasteiger partial charge on any atom is 0.225 e. The van der Waals surface area contributed by atoms with Gasteiger partial charge in [-0.25, -0.2) is 32.5 Å². The first-order chi connectivity index (χ1) is 17.0. The molecule has 0 N–H and O–H groups in total. The van der Waals surface area contributed by atoms with Gasteiger partial charge in [0.1, 0.15) is 17.5 Å². The van der Waals surface area contributed by atoms with Crippen molar-refractivity contribution in [2.45, 2.75) is 25.2 Å². The van der Waals surface area contributed by atoms with Gasteiger partial charge in [-0.05, 0) is 48.9 Å². The van der Waals surface area contributed by atoms with Crippen LogP contribution >= 0.6 is 0 Å². The predicted molar refractivity (Wildman–Crippen MR) is 123 cm³/mol. The molecular formula is C25H25F4N5O. The SMILES string of the molecule is Fc1ccc(N2CCC(COc3cnc(N4CC[C@@H](c5cc(F)c(F)cc5F)C4)nc3)CC2)nc1. The van der Waals surface area contributed by atoms with Gasteiger partial charge in [0, 0.05) is 38.2 Å². The molecule has 0 spiro atoms. The van der Waals surface area contributed by atoms with E-state index in [1.165, 1.54) is 12.3 Å². The highest BCUT2D eigenvalue weighted by molar-refractivity contribution is 5.39. The fraction of sp³-hybridized carbons (Fsp3) is 0.400. The van der Waals surface area contributed by atoms with E-state index in [0.29, 0.717) is 49.8 Å². The number of piperidine rings is 1. The Morgan fingerprint density at radius 3 is 2.23 bits per heavy atom. The van der Waals surface area contributed by atoms with Crippen LogP contribution in [-0.2, 0) is 0 Å². The van der Waals surface area contributed by atoms with E-state index in [-0.39, 0.29) is 17.3 Å². The van der Waals surface area contributed by atoms with Crippen LogP contribution in [0.25, 0.3) is 0 Å². The summed E-state index contributed by atoms with van der Waals surface area (Å²) in [6, 6.07) is 4.66. The Morgan fingerprint density at radius 2 is 1.51 bits per heavy atom. The monoisotopic (exact) mass is 487 g/mol. The summed E-state index contributed by atoms with van der Waals surface area (Å²) >= 11 is 0. The number of aromatic nitrogens is 3. The predicted octanol–water partition coefficient (Wildman–Crippen LogP) is 4.72. The minimum Gasteiger partial charge on any atom is -0.490 e. The second kappa shape index (κ2) is 10.1. The summed E-state index contributed by atoms with van der Waals surface area (Å²) in [5.74, 6) is -1.34. The van der Waals surface area contributed by atoms with Crippen LogP contribution in [0.4, 0.5) is 29.3 Å². The summed E-state index contributed by atoms with van der Waals surface area (Å²) in [6.07, 6.45) is 6.94. The molecule has 35 heavy (non-hydrogen) atoms. The molecule has 5 rings (SSSR count). The van der Waals surface area contributed by atoms with Gasteiger partial charge in [-0.15, -0.1) is 0 Å². The Bertz CT molecular complexity index is 1150. The van der Waals surface area contributed by atoms with Crippen LogP contribution in [0.3, 0.4) is 0 Å². The van der Waals surface area contributed by atoms with Gasteiger partial charge in [0.25, 0.3) is 0 Å². The fourth-order valence-corrected chi connectivity index (χ4v) is 4.69. The lowest BCUT2D eigenvalue weighted by atomic mass is 9.97. The zero-order valence-electron chi connectivity index (χ0n) is 19.0. The van der Waals surface area contributed by atoms with Gasteiger partial charge in [-0.3, -0.25) is 0 Å². The molecule has 0 radical (unpaired) electrons. The van der Waals surface area contributed by atoms with Crippen molar-refractivity contribution in [2.24, 2.45) is 5.92 Å². The molecule has 10 heteroatoms. The minimum absolute atomic E-state index is 0.174. The third-order valence-electron chi connectivity index (χ3n) is 6.70. The van der Waals surface area contributed by atoms with E-state index in [0.717, 1.165) is 37.8 Å². The zero-order chi connectivity index (χ0) is 24.4. The van der Waals surface area contributed by atoms with Crippen molar-refractivity contribution in [2.75, 3.05) is 42.6 Å². The average Bonchev–Trinajstić information content (AvgIpc) is 3.36. The molecule has 2 fully saturated rings. The molecule has 184 valence electrons. The molecule has 2 aliphatic heterocycles. The summed E-state index contributed by atoms with van der Waals surface area (Å²) in [4.78, 5) is 16.9. The molecule has 0 saturated carbocycles. The third-order valence-corrected chi connectivity index (χ3v) is 6.70. The van der Waals surface area contributed by atoms with Gasteiger partial charge >= 0.3 is 0 Å². The Labute approximate surface area is 200 Å². The maximum absolute atomic E-state index is 14.1. The molecule has 0 amide bonds. The van der Waals surface area contributed by atoms with E-state index in [9.17, 15) is 17.6 Å². The van der Waals surface area contributed by atoms with E-state index < -0.39 is 17.5 Å². The van der Waals surface area contributed by atoms with Gasteiger partial charge in [-0.1, -0.05) is 0 Å². The van der Waals surface area contributed by atoms with Crippen molar-refractivity contribution in [1.82, 2.24) is 15.0 Å². The second-order valence-electron chi connectivity index (χ2n) is 9.01. The first kappa shape index (κ1) is 23.3. The Morgan fingerprint density at radius 1 is 0.800 bits per heavy atom. The maximum atomic E-state index is 14.1. The Balaban J connectivity index is 1.11. The first-order valence-electron chi connectivity index (χ1n) is 11.7. The largest absolute Gasteiger partial charge is 0.490 e. The lowest BCUT2D eigenvalue weighted by Gasteiger charge is -2.32. The van der Waals surface area contributed by atoms with Crippen molar-refractivity contribution in [3.63, 3.8) is 0 Å². The topological polar surface area (TPSA) is 54.4 Å². The summed E-state index contributed by atoms with van der Waals surface area (Å²) in [7, 11) is 0. The van der Waals surface area contributed by atoms with Crippen molar-refractivity contribution in [3.8, 4) is 5.75 Å². The van der Waals surface area contributed by atoms with Crippen molar-refractivity contribution >= 4 is 11.8 Å². The first-order valence-corrected chi connectivity index (χ1v) is 11.7.